The second-order valence-corrected chi connectivity index (χ2v) is 12.2. The molecule has 1 unspecified atom stereocenters. The van der Waals surface area contributed by atoms with E-state index >= 15 is 0 Å². The number of nitrogens with two attached hydrogens (primary N) is 1. The molecular formula is C28H35F3N6O8S. The number of hydrogen-bond donors (Lipinski definition) is 6. The second-order valence-electron chi connectivity index (χ2n) is 10.4. The highest BCUT2D eigenvalue weighted by atomic mass is 32.2. The first-order chi connectivity index (χ1) is 21.5. The monoisotopic (exact) mass is 672 g/mol. The predicted octanol–water partition coefficient (Wildman–Crippen LogP) is 0.888. The molecule has 1 fully saturated rings. The van der Waals surface area contributed by atoms with Crippen LogP contribution in [0.1, 0.15) is 30.4 Å². The standard InChI is InChI=1S/C26H34N6O6S.C2HF3O2/c1-38-22-11-5-10-21-18(22)12-13-20(30-39(36,37)16-17-7-3-2-4-8-17)25(35)32(21)15-23(33)29-19-9-6-14-31(24(19)34)26(27)28;3-2(4,5)1(6)7/h2-5,7-8,10-11,19-20,24,30,34H,6,9,12-16H2,1H3,(H3,27,28)(H,29,33);(H,6,7)/t19-,20-,24?;/m0./s1. The number of nitrogens with zero attached hydrogens (tertiary/aromatic N) is 2. The fraction of sp³-hybridized carbons (Fsp3) is 0.429. The van der Waals surface area contributed by atoms with Gasteiger partial charge in [0.2, 0.25) is 21.8 Å². The topological polar surface area (TPSA) is 215 Å². The van der Waals surface area contributed by atoms with Gasteiger partial charge in [-0.15, -0.1) is 0 Å². The zero-order valence-electron chi connectivity index (χ0n) is 24.7. The molecule has 252 valence electrons. The van der Waals surface area contributed by atoms with Crippen LogP contribution < -0.4 is 25.4 Å². The maximum Gasteiger partial charge on any atom is 0.490 e. The number of hydrogen-bond acceptors (Lipinski definition) is 8. The molecule has 0 aromatic heterocycles. The number of nitrogens with one attached hydrogen (secondary N) is 3. The Balaban J connectivity index is 0.000000738. The number of carboxylic acid groups (broad SMARTS) is 1. The molecule has 3 atom stereocenters. The van der Waals surface area contributed by atoms with Crippen molar-refractivity contribution in [1.82, 2.24) is 14.9 Å². The number of aliphatic hydroxyl groups is 1. The summed E-state index contributed by atoms with van der Waals surface area (Å²) in [6.45, 7) is -0.00926. The number of aliphatic carboxylic acids is 1. The zero-order chi connectivity index (χ0) is 34.2. The molecule has 0 aliphatic carbocycles. The number of alkyl halides is 3. The first kappa shape index (κ1) is 36.1. The van der Waals surface area contributed by atoms with Gasteiger partial charge in [-0.2, -0.15) is 13.2 Å². The summed E-state index contributed by atoms with van der Waals surface area (Å²) in [6.07, 6.45) is -4.67. The summed E-state index contributed by atoms with van der Waals surface area (Å²) in [7, 11) is -2.38. The molecule has 18 heteroatoms. The average Bonchev–Trinajstić information content (AvgIpc) is 3.10. The number of ether oxygens (including phenoxy) is 1. The Labute approximate surface area is 262 Å². The third-order valence-electron chi connectivity index (χ3n) is 7.18. The molecule has 0 spiro atoms. The van der Waals surface area contributed by atoms with Gasteiger partial charge in [-0.25, -0.2) is 17.9 Å². The Kier molecular flexibility index (Phi) is 11.9. The average molecular weight is 673 g/mol. The maximum atomic E-state index is 13.7. The highest BCUT2D eigenvalue weighted by Crippen LogP contribution is 2.34. The van der Waals surface area contributed by atoms with Crippen LogP contribution in [-0.4, -0.2) is 92.0 Å². The van der Waals surface area contributed by atoms with E-state index in [1.54, 1.807) is 48.5 Å². The summed E-state index contributed by atoms with van der Waals surface area (Å²) in [5.41, 5.74) is 7.27. The lowest BCUT2D eigenvalue weighted by Crippen LogP contribution is -2.59. The van der Waals surface area contributed by atoms with E-state index in [1.807, 2.05) is 0 Å². The van der Waals surface area contributed by atoms with Gasteiger partial charge in [0.15, 0.2) is 5.96 Å². The molecule has 0 bridgehead atoms. The van der Waals surface area contributed by atoms with Crippen molar-refractivity contribution in [2.75, 3.05) is 25.1 Å². The smallest absolute Gasteiger partial charge is 0.490 e. The number of halogens is 3. The van der Waals surface area contributed by atoms with Gasteiger partial charge in [0.05, 0.1) is 24.6 Å². The number of methoxy groups -OCH3 is 1. The molecule has 14 nitrogen and oxygen atoms in total. The van der Waals surface area contributed by atoms with Gasteiger partial charge in [-0.05, 0) is 43.4 Å². The number of carboxylic acids is 1. The summed E-state index contributed by atoms with van der Waals surface area (Å²) in [6, 6.07) is 12.0. The quantitative estimate of drug-likeness (QED) is 0.172. The summed E-state index contributed by atoms with van der Waals surface area (Å²) >= 11 is 0. The number of aliphatic hydroxyl groups excluding tert-OH is 1. The summed E-state index contributed by atoms with van der Waals surface area (Å²) in [5.74, 6) is -3.93. The number of carbonyl (C=O) groups is 3. The van der Waals surface area contributed by atoms with E-state index in [4.69, 9.17) is 25.8 Å². The van der Waals surface area contributed by atoms with Crippen molar-refractivity contribution in [2.24, 2.45) is 5.73 Å². The van der Waals surface area contributed by atoms with Gasteiger partial charge < -0.3 is 35.8 Å². The molecule has 0 radical (unpaired) electrons. The molecule has 2 aromatic carbocycles. The van der Waals surface area contributed by atoms with E-state index in [2.05, 4.69) is 10.0 Å². The van der Waals surface area contributed by atoms with Crippen LogP contribution >= 0.6 is 0 Å². The minimum atomic E-state index is -5.08. The van der Waals surface area contributed by atoms with Crippen LogP contribution in [0.15, 0.2) is 48.5 Å². The Morgan fingerprint density at radius 3 is 2.37 bits per heavy atom. The lowest BCUT2D eigenvalue weighted by Gasteiger charge is -2.38. The lowest BCUT2D eigenvalue weighted by molar-refractivity contribution is -0.192. The Bertz CT molecular complexity index is 1530. The van der Waals surface area contributed by atoms with E-state index < -0.39 is 58.8 Å². The Hall–Kier alpha value is -4.42. The fourth-order valence-electron chi connectivity index (χ4n) is 5.08. The van der Waals surface area contributed by atoms with Crippen molar-refractivity contribution in [2.45, 2.75) is 55.9 Å². The lowest BCUT2D eigenvalue weighted by atomic mass is 10.0. The minimum Gasteiger partial charge on any atom is -0.496 e. The molecule has 7 N–H and O–H groups in total. The molecule has 2 amide bonds. The van der Waals surface area contributed by atoms with Crippen molar-refractivity contribution in [3.05, 3.63) is 59.7 Å². The number of carbonyl (C=O) groups excluding carboxylic acids is 2. The largest absolute Gasteiger partial charge is 0.496 e. The summed E-state index contributed by atoms with van der Waals surface area (Å²) < 4.78 is 65.7. The zero-order valence-corrected chi connectivity index (χ0v) is 25.5. The van der Waals surface area contributed by atoms with Crippen molar-refractivity contribution in [3.8, 4) is 5.75 Å². The number of rotatable bonds is 8. The maximum absolute atomic E-state index is 13.7. The summed E-state index contributed by atoms with van der Waals surface area (Å²) in [4.78, 5) is 38.4. The molecule has 2 aromatic rings. The summed E-state index contributed by atoms with van der Waals surface area (Å²) in [5, 5.41) is 28.1. The number of amides is 2. The molecule has 4 rings (SSSR count). The molecule has 2 aliphatic rings. The Morgan fingerprint density at radius 2 is 1.78 bits per heavy atom. The van der Waals surface area contributed by atoms with Gasteiger partial charge in [-0.3, -0.25) is 15.0 Å². The van der Waals surface area contributed by atoms with E-state index in [0.717, 1.165) is 0 Å². The molecule has 2 heterocycles. The number of benzene rings is 2. The third-order valence-corrected chi connectivity index (χ3v) is 8.54. The van der Waals surface area contributed by atoms with Gasteiger partial charge in [-0.1, -0.05) is 36.4 Å². The van der Waals surface area contributed by atoms with Crippen LogP contribution in [0.3, 0.4) is 0 Å². The van der Waals surface area contributed by atoms with Gasteiger partial charge in [0.25, 0.3) is 0 Å². The number of guanidine groups is 1. The highest BCUT2D eigenvalue weighted by molar-refractivity contribution is 7.88. The molecule has 0 saturated carbocycles. The number of anilines is 1. The minimum absolute atomic E-state index is 0.174. The number of likely N-dealkylation sites (tertiary alicyclic amines) is 1. The first-order valence-corrected chi connectivity index (χ1v) is 15.6. The molecule has 2 aliphatic heterocycles. The van der Waals surface area contributed by atoms with Gasteiger partial charge in [0.1, 0.15) is 24.6 Å². The SMILES string of the molecule is COc1cccc2c1CC[C@H](NS(=O)(=O)Cc1ccccc1)C(=O)N2CC(=O)N[C@H]1CCCN(C(=N)N)C1O.O=C(O)C(F)(F)F. The van der Waals surface area contributed by atoms with Crippen molar-refractivity contribution < 1.29 is 50.9 Å². The number of sulfonamides is 1. The van der Waals surface area contributed by atoms with Crippen LogP contribution in [0.4, 0.5) is 18.9 Å². The van der Waals surface area contributed by atoms with E-state index in [-0.39, 0.29) is 18.1 Å². The normalized spacial score (nSPS) is 20.0. The van der Waals surface area contributed by atoms with Crippen molar-refractivity contribution >= 4 is 39.5 Å². The number of piperidine rings is 1. The van der Waals surface area contributed by atoms with Gasteiger partial charge >= 0.3 is 12.1 Å². The highest BCUT2D eigenvalue weighted by Gasteiger charge is 2.39. The predicted molar refractivity (Wildman–Crippen MR) is 159 cm³/mol. The van der Waals surface area contributed by atoms with E-state index in [0.29, 0.717) is 48.4 Å². The van der Waals surface area contributed by atoms with Crippen LogP contribution in [0, 0.1) is 5.41 Å². The van der Waals surface area contributed by atoms with Crippen LogP contribution in [-0.2, 0) is 36.6 Å². The van der Waals surface area contributed by atoms with Gasteiger partial charge in [0, 0.05) is 12.1 Å². The van der Waals surface area contributed by atoms with E-state index in [1.165, 1.54) is 16.9 Å². The Morgan fingerprint density at radius 1 is 1.13 bits per heavy atom. The van der Waals surface area contributed by atoms with Crippen LogP contribution in [0.5, 0.6) is 5.75 Å². The van der Waals surface area contributed by atoms with Crippen LogP contribution in [0.2, 0.25) is 0 Å². The molecular weight excluding hydrogens is 637 g/mol. The van der Waals surface area contributed by atoms with Crippen molar-refractivity contribution in [3.63, 3.8) is 0 Å². The number of fused-ring (bicyclic) bond motifs is 1. The molecule has 46 heavy (non-hydrogen) atoms. The third kappa shape index (κ3) is 9.54. The van der Waals surface area contributed by atoms with Crippen LogP contribution in [0.25, 0.3) is 0 Å². The van der Waals surface area contributed by atoms with E-state index in [9.17, 15) is 36.3 Å². The second kappa shape index (κ2) is 15.2. The fourth-order valence-corrected chi connectivity index (χ4v) is 6.45. The van der Waals surface area contributed by atoms with Crippen molar-refractivity contribution in [1.29, 1.82) is 5.41 Å². The first-order valence-electron chi connectivity index (χ1n) is 13.9. The molecule has 1 saturated heterocycles.